The number of aromatic nitrogens is 2. The number of nitrogens with zero attached hydrogens (tertiary/aromatic N) is 2. The van der Waals surface area contributed by atoms with Gasteiger partial charge in [-0.1, -0.05) is 19.1 Å². The average molecular weight is 256 g/mol. The second kappa shape index (κ2) is 6.18. The van der Waals surface area contributed by atoms with Crippen molar-refractivity contribution < 1.29 is 0 Å². The number of nitrogens with one attached hydrogen (secondary N) is 2. The van der Waals surface area contributed by atoms with Gasteiger partial charge in [0.05, 0.1) is 0 Å². The van der Waals surface area contributed by atoms with Gasteiger partial charge in [-0.3, -0.25) is 0 Å². The standard InChI is InChI=1S/C15H20N4/c1-4-8-16-14-12(3)15(18-10-17-14)19-13-7-5-6-11(2)9-13/h5-7,9-10H,4,8H2,1-3H3,(H2,16,17,18,19). The van der Waals surface area contributed by atoms with Crippen molar-refractivity contribution in [1.82, 2.24) is 9.97 Å². The molecule has 0 aliphatic rings. The van der Waals surface area contributed by atoms with Crippen molar-refractivity contribution in [3.8, 4) is 0 Å². The van der Waals surface area contributed by atoms with Crippen LogP contribution in [0.4, 0.5) is 17.3 Å². The quantitative estimate of drug-likeness (QED) is 0.857. The number of hydrogen-bond donors (Lipinski definition) is 2. The first-order valence-corrected chi connectivity index (χ1v) is 6.60. The third-order valence-corrected chi connectivity index (χ3v) is 2.91. The van der Waals surface area contributed by atoms with Crippen LogP contribution in [0.25, 0.3) is 0 Å². The van der Waals surface area contributed by atoms with Crippen LogP contribution in [0, 0.1) is 13.8 Å². The van der Waals surface area contributed by atoms with Gasteiger partial charge in [0.1, 0.15) is 18.0 Å². The number of benzene rings is 1. The molecular formula is C15H20N4. The molecule has 1 heterocycles. The molecule has 0 spiro atoms. The van der Waals surface area contributed by atoms with Crippen LogP contribution in [-0.4, -0.2) is 16.5 Å². The maximum atomic E-state index is 4.31. The second-order valence-electron chi connectivity index (χ2n) is 4.62. The van der Waals surface area contributed by atoms with Gasteiger partial charge in [-0.2, -0.15) is 0 Å². The van der Waals surface area contributed by atoms with E-state index in [2.05, 4.69) is 46.6 Å². The molecule has 0 fully saturated rings. The fraction of sp³-hybridized carbons (Fsp3) is 0.333. The topological polar surface area (TPSA) is 49.8 Å². The van der Waals surface area contributed by atoms with Crippen molar-refractivity contribution in [3.63, 3.8) is 0 Å². The minimum absolute atomic E-state index is 0.846. The van der Waals surface area contributed by atoms with Crippen LogP contribution >= 0.6 is 0 Å². The van der Waals surface area contributed by atoms with Crippen LogP contribution in [0.1, 0.15) is 24.5 Å². The lowest BCUT2D eigenvalue weighted by Gasteiger charge is -2.12. The normalized spacial score (nSPS) is 10.3. The van der Waals surface area contributed by atoms with Gasteiger partial charge in [0.15, 0.2) is 0 Å². The fourth-order valence-electron chi connectivity index (χ4n) is 1.86. The van der Waals surface area contributed by atoms with E-state index in [4.69, 9.17) is 0 Å². The minimum Gasteiger partial charge on any atom is -0.370 e. The van der Waals surface area contributed by atoms with Crippen LogP contribution in [0.3, 0.4) is 0 Å². The molecule has 0 saturated heterocycles. The van der Waals surface area contributed by atoms with Crippen molar-refractivity contribution >= 4 is 17.3 Å². The second-order valence-corrected chi connectivity index (χ2v) is 4.62. The van der Waals surface area contributed by atoms with Crippen molar-refractivity contribution in [2.75, 3.05) is 17.2 Å². The molecule has 0 aliphatic heterocycles. The summed E-state index contributed by atoms with van der Waals surface area (Å²) in [5, 5.41) is 6.65. The largest absolute Gasteiger partial charge is 0.370 e. The van der Waals surface area contributed by atoms with Gasteiger partial charge in [0.25, 0.3) is 0 Å². The molecule has 4 heteroatoms. The summed E-state index contributed by atoms with van der Waals surface area (Å²) in [5.41, 5.74) is 3.31. The molecule has 0 bridgehead atoms. The Morgan fingerprint density at radius 3 is 2.63 bits per heavy atom. The highest BCUT2D eigenvalue weighted by Crippen LogP contribution is 2.22. The van der Waals surface area contributed by atoms with Gasteiger partial charge in [-0.25, -0.2) is 9.97 Å². The highest BCUT2D eigenvalue weighted by atomic mass is 15.1. The van der Waals surface area contributed by atoms with Crippen molar-refractivity contribution in [1.29, 1.82) is 0 Å². The van der Waals surface area contributed by atoms with E-state index in [-0.39, 0.29) is 0 Å². The van der Waals surface area contributed by atoms with E-state index < -0.39 is 0 Å². The molecule has 19 heavy (non-hydrogen) atoms. The Bertz CT molecular complexity index is 552. The van der Waals surface area contributed by atoms with Crippen LogP contribution in [0.15, 0.2) is 30.6 Å². The highest BCUT2D eigenvalue weighted by molar-refractivity contribution is 5.64. The highest BCUT2D eigenvalue weighted by Gasteiger charge is 2.06. The van der Waals surface area contributed by atoms with Crippen molar-refractivity contribution in [2.24, 2.45) is 0 Å². The van der Waals surface area contributed by atoms with E-state index in [0.717, 1.165) is 35.9 Å². The van der Waals surface area contributed by atoms with Crippen LogP contribution in [0.5, 0.6) is 0 Å². The van der Waals surface area contributed by atoms with Gasteiger partial charge in [-0.05, 0) is 38.0 Å². The van der Waals surface area contributed by atoms with Gasteiger partial charge in [0.2, 0.25) is 0 Å². The Morgan fingerprint density at radius 2 is 1.89 bits per heavy atom. The molecule has 0 amide bonds. The summed E-state index contributed by atoms with van der Waals surface area (Å²) in [6.07, 6.45) is 2.66. The van der Waals surface area contributed by atoms with E-state index in [1.807, 2.05) is 19.1 Å². The molecule has 2 aromatic rings. The lowest BCUT2D eigenvalue weighted by atomic mass is 10.2. The third kappa shape index (κ3) is 3.44. The van der Waals surface area contributed by atoms with E-state index >= 15 is 0 Å². The smallest absolute Gasteiger partial charge is 0.138 e. The maximum absolute atomic E-state index is 4.31. The first-order valence-electron chi connectivity index (χ1n) is 6.60. The summed E-state index contributed by atoms with van der Waals surface area (Å²) >= 11 is 0. The summed E-state index contributed by atoms with van der Waals surface area (Å²) in [7, 11) is 0. The van der Waals surface area contributed by atoms with Crippen molar-refractivity contribution in [3.05, 3.63) is 41.7 Å². The van der Waals surface area contributed by atoms with E-state index in [9.17, 15) is 0 Å². The summed E-state index contributed by atoms with van der Waals surface area (Å²) in [6.45, 7) is 7.15. The molecule has 0 radical (unpaired) electrons. The zero-order chi connectivity index (χ0) is 13.7. The molecule has 2 rings (SSSR count). The Morgan fingerprint density at radius 1 is 1.11 bits per heavy atom. The fourth-order valence-corrected chi connectivity index (χ4v) is 1.86. The molecule has 0 atom stereocenters. The summed E-state index contributed by atoms with van der Waals surface area (Å²) in [6, 6.07) is 8.24. The Balaban J connectivity index is 2.20. The summed E-state index contributed by atoms with van der Waals surface area (Å²) in [5.74, 6) is 1.74. The summed E-state index contributed by atoms with van der Waals surface area (Å²) < 4.78 is 0. The number of rotatable bonds is 5. The molecule has 100 valence electrons. The van der Waals surface area contributed by atoms with Gasteiger partial charge < -0.3 is 10.6 Å². The molecule has 0 aliphatic carbocycles. The minimum atomic E-state index is 0.846. The van der Waals surface area contributed by atoms with Crippen molar-refractivity contribution in [2.45, 2.75) is 27.2 Å². The summed E-state index contributed by atoms with van der Waals surface area (Å²) in [4.78, 5) is 8.58. The number of aryl methyl sites for hydroxylation is 1. The van der Waals surface area contributed by atoms with Gasteiger partial charge in [0, 0.05) is 17.8 Å². The average Bonchev–Trinajstić information content (AvgIpc) is 2.40. The molecule has 4 nitrogen and oxygen atoms in total. The monoisotopic (exact) mass is 256 g/mol. The third-order valence-electron chi connectivity index (χ3n) is 2.91. The van der Waals surface area contributed by atoms with E-state index in [1.165, 1.54) is 5.56 Å². The first-order chi connectivity index (χ1) is 9.20. The molecule has 2 N–H and O–H groups in total. The molecule has 0 unspecified atom stereocenters. The Hall–Kier alpha value is -2.10. The lowest BCUT2D eigenvalue weighted by Crippen LogP contribution is -2.06. The lowest BCUT2D eigenvalue weighted by molar-refractivity contribution is 0.960. The maximum Gasteiger partial charge on any atom is 0.138 e. The van der Waals surface area contributed by atoms with Gasteiger partial charge in [-0.15, -0.1) is 0 Å². The SMILES string of the molecule is CCCNc1ncnc(Nc2cccc(C)c2)c1C. The molecule has 1 aromatic carbocycles. The van der Waals surface area contributed by atoms with E-state index in [0.29, 0.717) is 0 Å². The molecular weight excluding hydrogens is 236 g/mol. The van der Waals surface area contributed by atoms with Crippen LogP contribution < -0.4 is 10.6 Å². The molecule has 1 aromatic heterocycles. The predicted octanol–water partition coefficient (Wildman–Crippen LogP) is 3.66. The zero-order valence-corrected chi connectivity index (χ0v) is 11.7. The number of hydrogen-bond acceptors (Lipinski definition) is 4. The van der Waals surface area contributed by atoms with Crippen LogP contribution in [-0.2, 0) is 0 Å². The Labute approximate surface area is 114 Å². The van der Waals surface area contributed by atoms with Gasteiger partial charge >= 0.3 is 0 Å². The predicted molar refractivity (Wildman–Crippen MR) is 80.0 cm³/mol. The Kier molecular flexibility index (Phi) is 4.34. The van der Waals surface area contributed by atoms with E-state index in [1.54, 1.807) is 6.33 Å². The first kappa shape index (κ1) is 13.3. The number of anilines is 3. The molecule has 0 saturated carbocycles. The van der Waals surface area contributed by atoms with Crippen LogP contribution in [0.2, 0.25) is 0 Å². The zero-order valence-electron chi connectivity index (χ0n) is 11.7.